The lowest BCUT2D eigenvalue weighted by Crippen LogP contribution is -2.44. The molecule has 28 heavy (non-hydrogen) atoms. The fraction of sp³-hybridized carbons (Fsp3) is 0.250. The third-order valence-corrected chi connectivity index (χ3v) is 4.99. The van der Waals surface area contributed by atoms with Crippen LogP contribution < -0.4 is 10.6 Å². The summed E-state index contributed by atoms with van der Waals surface area (Å²) in [5, 5.41) is 5.80. The molecule has 1 saturated heterocycles. The highest BCUT2D eigenvalue weighted by Crippen LogP contribution is 2.30. The summed E-state index contributed by atoms with van der Waals surface area (Å²) in [6.07, 6.45) is 0. The van der Waals surface area contributed by atoms with Crippen LogP contribution in [0.5, 0.6) is 0 Å². The molecular weight excluding hydrogens is 385 g/mol. The molecule has 2 aromatic carbocycles. The number of benzene rings is 2. The summed E-state index contributed by atoms with van der Waals surface area (Å²) in [4.78, 5) is 38.2. The molecule has 0 spiro atoms. The van der Waals surface area contributed by atoms with Gasteiger partial charge >= 0.3 is 6.03 Å². The van der Waals surface area contributed by atoms with E-state index in [1.807, 2.05) is 0 Å². The second kappa shape index (κ2) is 7.59. The average molecular weight is 404 g/mol. The zero-order valence-corrected chi connectivity index (χ0v) is 16.1. The number of carbonyl (C=O) groups is 3. The van der Waals surface area contributed by atoms with Crippen LogP contribution in [0, 0.1) is 5.82 Å². The van der Waals surface area contributed by atoms with Gasteiger partial charge in [-0.15, -0.1) is 0 Å². The number of nitrogens with one attached hydrogen (secondary N) is 2. The summed E-state index contributed by atoms with van der Waals surface area (Å²) in [5.41, 5.74) is -0.693. The molecule has 0 saturated carbocycles. The van der Waals surface area contributed by atoms with Crippen LogP contribution in [-0.2, 0) is 15.1 Å². The zero-order chi connectivity index (χ0) is 20.5. The predicted molar refractivity (Wildman–Crippen MR) is 102 cm³/mol. The number of carbonyl (C=O) groups excluding carboxylic acids is 3. The summed E-state index contributed by atoms with van der Waals surface area (Å²) in [5.74, 6) is -1.80. The topological polar surface area (TPSA) is 78.5 Å². The summed E-state index contributed by atoms with van der Waals surface area (Å²) >= 11 is 5.85. The first-order valence-corrected chi connectivity index (χ1v) is 9.04. The third kappa shape index (κ3) is 3.71. The number of hydrogen-bond acceptors (Lipinski definition) is 3. The first-order chi connectivity index (χ1) is 13.2. The first kappa shape index (κ1) is 19.8. The molecule has 2 aromatic rings. The Hall–Kier alpha value is -2.93. The molecule has 0 bridgehead atoms. The van der Waals surface area contributed by atoms with Gasteiger partial charge in [0, 0.05) is 10.6 Å². The Labute approximate surface area is 166 Å². The van der Waals surface area contributed by atoms with Crippen LogP contribution in [0.1, 0.15) is 31.0 Å². The maximum absolute atomic E-state index is 14.2. The third-order valence-electron chi connectivity index (χ3n) is 4.74. The van der Waals surface area contributed by atoms with Gasteiger partial charge in [0.05, 0.1) is 6.04 Å². The zero-order valence-electron chi connectivity index (χ0n) is 15.3. The smallest absolute Gasteiger partial charge is 0.325 e. The molecule has 1 fully saturated rings. The van der Waals surface area contributed by atoms with E-state index >= 15 is 0 Å². The molecule has 1 heterocycles. The summed E-state index contributed by atoms with van der Waals surface area (Å²) in [7, 11) is 0. The highest BCUT2D eigenvalue weighted by molar-refractivity contribution is 6.30. The van der Waals surface area contributed by atoms with Crippen LogP contribution in [0.25, 0.3) is 0 Å². The fourth-order valence-corrected chi connectivity index (χ4v) is 3.28. The van der Waals surface area contributed by atoms with Crippen LogP contribution in [-0.4, -0.2) is 29.3 Å². The Morgan fingerprint density at radius 2 is 1.86 bits per heavy atom. The molecule has 0 radical (unpaired) electrons. The second-order valence-electron chi connectivity index (χ2n) is 6.77. The Kier molecular flexibility index (Phi) is 5.38. The van der Waals surface area contributed by atoms with Crippen molar-refractivity contribution in [1.82, 2.24) is 15.5 Å². The number of nitrogens with zero attached hydrogens (tertiary/aromatic N) is 1. The Morgan fingerprint density at radius 3 is 2.50 bits per heavy atom. The van der Waals surface area contributed by atoms with E-state index in [9.17, 15) is 18.8 Å². The number of halogens is 2. The van der Waals surface area contributed by atoms with E-state index in [0.29, 0.717) is 5.02 Å². The van der Waals surface area contributed by atoms with Gasteiger partial charge in [-0.25, -0.2) is 9.18 Å². The molecule has 3 rings (SSSR count). The van der Waals surface area contributed by atoms with Crippen LogP contribution in [0.2, 0.25) is 5.02 Å². The van der Waals surface area contributed by atoms with Crippen LogP contribution in [0.15, 0.2) is 48.5 Å². The van der Waals surface area contributed by atoms with Crippen LogP contribution in [0.4, 0.5) is 9.18 Å². The van der Waals surface area contributed by atoms with Crippen LogP contribution >= 0.6 is 11.6 Å². The van der Waals surface area contributed by atoms with E-state index in [-0.39, 0.29) is 11.6 Å². The van der Waals surface area contributed by atoms with Gasteiger partial charge in [-0.1, -0.05) is 41.9 Å². The van der Waals surface area contributed by atoms with Gasteiger partial charge in [-0.3, -0.25) is 14.5 Å². The molecule has 2 atom stereocenters. The van der Waals surface area contributed by atoms with Crippen molar-refractivity contribution in [1.29, 1.82) is 0 Å². The molecule has 0 aliphatic carbocycles. The summed E-state index contributed by atoms with van der Waals surface area (Å²) in [6.45, 7) is 2.73. The molecule has 6 nitrogen and oxygen atoms in total. The standard InChI is InChI=1S/C20H19ClFN3O3/c1-12(13-7-9-14(21)10-8-13)23-17(26)11-25-18(27)20(2,24-19(25)28)15-5-3-4-6-16(15)22/h3-10,12H,11H2,1-2H3,(H,23,26)(H,24,28). The van der Waals surface area contributed by atoms with Gasteiger partial charge in [0.2, 0.25) is 5.91 Å². The van der Waals surface area contributed by atoms with Gasteiger partial charge in [-0.05, 0) is 37.6 Å². The lowest BCUT2D eigenvalue weighted by molar-refractivity contribution is -0.135. The van der Waals surface area contributed by atoms with Crippen molar-refractivity contribution in [2.75, 3.05) is 6.54 Å². The van der Waals surface area contributed by atoms with Gasteiger partial charge in [-0.2, -0.15) is 0 Å². The monoisotopic (exact) mass is 403 g/mol. The largest absolute Gasteiger partial charge is 0.348 e. The average Bonchev–Trinajstić information content (AvgIpc) is 2.86. The van der Waals surface area contributed by atoms with Crippen LogP contribution in [0.3, 0.4) is 0 Å². The highest BCUT2D eigenvalue weighted by atomic mass is 35.5. The predicted octanol–water partition coefficient (Wildman–Crippen LogP) is 3.12. The Morgan fingerprint density at radius 1 is 1.21 bits per heavy atom. The maximum atomic E-state index is 14.2. The number of urea groups is 1. The molecular formula is C20H19ClFN3O3. The number of amides is 4. The van der Waals surface area contributed by atoms with E-state index < -0.39 is 35.7 Å². The van der Waals surface area contributed by atoms with Crippen molar-refractivity contribution < 1.29 is 18.8 Å². The van der Waals surface area contributed by atoms with E-state index in [1.165, 1.54) is 25.1 Å². The minimum Gasteiger partial charge on any atom is -0.348 e. The van der Waals surface area contributed by atoms with Crippen molar-refractivity contribution >= 4 is 29.4 Å². The second-order valence-corrected chi connectivity index (χ2v) is 7.20. The number of hydrogen-bond donors (Lipinski definition) is 2. The summed E-state index contributed by atoms with van der Waals surface area (Å²) < 4.78 is 14.2. The highest BCUT2D eigenvalue weighted by Gasteiger charge is 2.50. The van der Waals surface area contributed by atoms with E-state index in [2.05, 4.69) is 10.6 Å². The van der Waals surface area contributed by atoms with Crippen molar-refractivity contribution in [2.45, 2.75) is 25.4 Å². The van der Waals surface area contributed by atoms with Gasteiger partial charge in [0.1, 0.15) is 17.9 Å². The quantitative estimate of drug-likeness (QED) is 0.753. The molecule has 0 aromatic heterocycles. The maximum Gasteiger partial charge on any atom is 0.325 e. The van der Waals surface area contributed by atoms with E-state index in [0.717, 1.165) is 10.5 Å². The number of rotatable bonds is 5. The molecule has 2 unspecified atom stereocenters. The summed E-state index contributed by atoms with van der Waals surface area (Å²) in [6, 6.07) is 11.6. The van der Waals surface area contributed by atoms with Gasteiger partial charge in [0.25, 0.3) is 5.91 Å². The SMILES string of the molecule is CC(NC(=O)CN1C(=O)NC(C)(c2ccccc2F)C1=O)c1ccc(Cl)cc1. The molecule has 1 aliphatic heterocycles. The van der Waals surface area contributed by atoms with Crippen molar-refractivity contribution in [3.05, 3.63) is 70.5 Å². The van der Waals surface area contributed by atoms with Gasteiger partial charge in [0.15, 0.2) is 0 Å². The number of imide groups is 1. The Bertz CT molecular complexity index is 935. The molecule has 8 heteroatoms. The van der Waals surface area contributed by atoms with E-state index in [4.69, 9.17) is 11.6 Å². The Balaban J connectivity index is 1.71. The van der Waals surface area contributed by atoms with Gasteiger partial charge < -0.3 is 10.6 Å². The van der Waals surface area contributed by atoms with E-state index in [1.54, 1.807) is 37.3 Å². The molecule has 146 valence electrons. The van der Waals surface area contributed by atoms with Crippen molar-refractivity contribution in [3.63, 3.8) is 0 Å². The molecule has 2 N–H and O–H groups in total. The van der Waals surface area contributed by atoms with Crippen molar-refractivity contribution in [2.24, 2.45) is 0 Å². The fourth-order valence-electron chi connectivity index (χ4n) is 3.16. The lowest BCUT2D eigenvalue weighted by atomic mass is 9.91. The minimum absolute atomic E-state index is 0.0470. The minimum atomic E-state index is -1.56. The van der Waals surface area contributed by atoms with Crippen molar-refractivity contribution in [3.8, 4) is 0 Å². The molecule has 4 amide bonds. The first-order valence-electron chi connectivity index (χ1n) is 8.66. The molecule has 1 aliphatic rings. The lowest BCUT2D eigenvalue weighted by Gasteiger charge is -2.23. The normalized spacial score (nSPS) is 20.1.